The monoisotopic (exact) mass is 393 g/mol. The van der Waals surface area contributed by atoms with Crippen LogP contribution in [-0.2, 0) is 11.3 Å². The van der Waals surface area contributed by atoms with Crippen LogP contribution in [0.1, 0.15) is 22.5 Å². The number of carbonyl (C=O) groups excluding carboxylic acids is 1. The summed E-state index contributed by atoms with van der Waals surface area (Å²) in [5.74, 6) is 0.894. The molecule has 7 nitrogen and oxygen atoms in total. The van der Waals surface area contributed by atoms with Crippen molar-refractivity contribution in [2.24, 2.45) is 5.92 Å². The van der Waals surface area contributed by atoms with Crippen molar-refractivity contribution in [2.75, 3.05) is 13.7 Å². The molecule has 2 aliphatic rings. The van der Waals surface area contributed by atoms with E-state index < -0.39 is 0 Å². The molecule has 0 N–H and O–H groups in total. The lowest BCUT2D eigenvalue weighted by Crippen LogP contribution is -2.36. The molecular weight excluding hydrogens is 374 g/mol. The first-order valence-corrected chi connectivity index (χ1v) is 10.0. The Hall–Kier alpha value is -2.84. The molecule has 1 saturated heterocycles. The molecule has 1 fully saturated rings. The summed E-state index contributed by atoms with van der Waals surface area (Å²) in [6.45, 7) is 1.02. The number of ether oxygens (including phenoxy) is 1. The summed E-state index contributed by atoms with van der Waals surface area (Å²) >= 11 is 1.62. The molecule has 28 heavy (non-hydrogen) atoms. The maximum atomic E-state index is 13.2. The molecule has 1 amide bonds. The van der Waals surface area contributed by atoms with E-state index in [-0.39, 0.29) is 18.6 Å². The lowest BCUT2D eigenvalue weighted by molar-refractivity contribution is 0.0749. The van der Waals surface area contributed by atoms with Gasteiger partial charge in [-0.2, -0.15) is 9.78 Å². The fourth-order valence-corrected chi connectivity index (χ4v) is 4.60. The summed E-state index contributed by atoms with van der Waals surface area (Å²) in [5.41, 5.74) is 2.05. The van der Waals surface area contributed by atoms with Gasteiger partial charge in [0.15, 0.2) is 0 Å². The number of rotatable bonds is 5. The van der Waals surface area contributed by atoms with Crippen LogP contribution in [0.25, 0.3) is 16.5 Å². The van der Waals surface area contributed by atoms with E-state index >= 15 is 0 Å². The number of hydrogen-bond donors (Lipinski definition) is 0. The lowest BCUT2D eigenvalue weighted by atomic mass is 10.1. The third-order valence-corrected chi connectivity index (χ3v) is 6.12. The molecule has 2 atom stereocenters. The molecule has 0 saturated carbocycles. The number of hydrogen-bond acceptors (Lipinski definition) is 6. The standard InChI is InChI=1S/C20H19N5O2S/c1-27-12-17-15(19(26)24-11-13-4-5-14(24)9-13)10-22-25(17)20-21-7-6-16(23-20)18-3-2-8-28-18/h2-8,10,13-14H,9,11-12H2,1H3. The highest BCUT2D eigenvalue weighted by Crippen LogP contribution is 2.33. The fourth-order valence-electron chi connectivity index (χ4n) is 3.91. The molecular formula is C20H19N5O2S. The number of fused-ring (bicyclic) bond motifs is 2. The molecule has 0 spiro atoms. The van der Waals surface area contributed by atoms with E-state index in [1.165, 1.54) is 0 Å². The third kappa shape index (κ3) is 2.85. The van der Waals surface area contributed by atoms with E-state index in [1.54, 1.807) is 35.5 Å². The maximum absolute atomic E-state index is 13.2. The molecule has 1 aliphatic carbocycles. The Labute approximate surface area is 166 Å². The molecule has 3 aromatic heterocycles. The van der Waals surface area contributed by atoms with Crippen molar-refractivity contribution in [3.8, 4) is 16.5 Å². The number of methoxy groups -OCH3 is 1. The van der Waals surface area contributed by atoms with Gasteiger partial charge in [-0.25, -0.2) is 9.97 Å². The van der Waals surface area contributed by atoms with E-state index in [1.807, 2.05) is 28.5 Å². The predicted octanol–water partition coefficient (Wildman–Crippen LogP) is 2.94. The van der Waals surface area contributed by atoms with Crippen LogP contribution in [0.3, 0.4) is 0 Å². The first-order chi connectivity index (χ1) is 13.7. The van der Waals surface area contributed by atoms with Crippen LogP contribution in [0.15, 0.2) is 48.1 Å². The molecule has 0 aromatic carbocycles. The summed E-state index contributed by atoms with van der Waals surface area (Å²) in [6, 6.07) is 6.06. The number of aromatic nitrogens is 4. The molecule has 2 unspecified atom stereocenters. The van der Waals surface area contributed by atoms with Gasteiger partial charge in [0.05, 0.1) is 40.7 Å². The van der Waals surface area contributed by atoms with Gasteiger partial charge in [-0.15, -0.1) is 11.3 Å². The van der Waals surface area contributed by atoms with E-state index in [0.29, 0.717) is 23.1 Å². The summed E-state index contributed by atoms with van der Waals surface area (Å²) in [5, 5.41) is 6.44. The molecule has 1 aliphatic heterocycles. The van der Waals surface area contributed by atoms with Crippen LogP contribution < -0.4 is 0 Å². The van der Waals surface area contributed by atoms with Crippen molar-refractivity contribution in [1.29, 1.82) is 0 Å². The van der Waals surface area contributed by atoms with Crippen LogP contribution in [-0.4, -0.2) is 50.3 Å². The van der Waals surface area contributed by atoms with Crippen LogP contribution in [0.5, 0.6) is 0 Å². The zero-order chi connectivity index (χ0) is 19.1. The summed E-state index contributed by atoms with van der Waals surface area (Å²) in [6.07, 6.45) is 8.67. The van der Waals surface area contributed by atoms with Crippen LogP contribution >= 0.6 is 11.3 Å². The molecule has 4 heterocycles. The first-order valence-electron chi connectivity index (χ1n) is 9.17. The summed E-state index contributed by atoms with van der Waals surface area (Å²) in [4.78, 5) is 25.2. The zero-order valence-corrected chi connectivity index (χ0v) is 16.2. The van der Waals surface area contributed by atoms with E-state index in [4.69, 9.17) is 4.74 Å². The second kappa shape index (κ2) is 6.96. The number of carbonyl (C=O) groups is 1. The van der Waals surface area contributed by atoms with Gasteiger partial charge in [-0.1, -0.05) is 18.2 Å². The molecule has 0 radical (unpaired) electrons. The van der Waals surface area contributed by atoms with Crippen LogP contribution in [0.4, 0.5) is 0 Å². The largest absolute Gasteiger partial charge is 0.378 e. The molecule has 5 rings (SSSR count). The predicted molar refractivity (Wildman–Crippen MR) is 105 cm³/mol. The third-order valence-electron chi connectivity index (χ3n) is 5.23. The topological polar surface area (TPSA) is 73.1 Å². The number of thiophene rings is 1. The Kier molecular flexibility index (Phi) is 4.29. The van der Waals surface area contributed by atoms with Crippen molar-refractivity contribution in [3.05, 3.63) is 59.4 Å². The SMILES string of the molecule is COCc1c(C(=O)N2CC3C=CC2C3)cnn1-c1nccc(-c2cccs2)n1. The van der Waals surface area contributed by atoms with Gasteiger partial charge in [-0.3, -0.25) is 4.79 Å². The summed E-state index contributed by atoms with van der Waals surface area (Å²) < 4.78 is 6.98. The van der Waals surface area contributed by atoms with Crippen molar-refractivity contribution in [1.82, 2.24) is 24.6 Å². The highest BCUT2D eigenvalue weighted by molar-refractivity contribution is 7.13. The highest BCUT2D eigenvalue weighted by Gasteiger charge is 2.38. The summed E-state index contributed by atoms with van der Waals surface area (Å²) in [7, 11) is 1.61. The van der Waals surface area contributed by atoms with Gasteiger partial charge in [0.1, 0.15) is 0 Å². The minimum Gasteiger partial charge on any atom is -0.378 e. The Morgan fingerprint density at radius 1 is 1.36 bits per heavy atom. The van der Waals surface area contributed by atoms with E-state index in [2.05, 4.69) is 27.2 Å². The highest BCUT2D eigenvalue weighted by atomic mass is 32.1. The minimum atomic E-state index is -0.00967. The molecule has 3 aromatic rings. The Bertz CT molecular complexity index is 1040. The molecule has 142 valence electrons. The van der Waals surface area contributed by atoms with E-state index in [0.717, 1.165) is 23.5 Å². The zero-order valence-electron chi connectivity index (χ0n) is 15.4. The first kappa shape index (κ1) is 17.3. The van der Waals surface area contributed by atoms with Gasteiger partial charge in [0, 0.05) is 19.9 Å². The average molecular weight is 393 g/mol. The van der Waals surface area contributed by atoms with E-state index in [9.17, 15) is 4.79 Å². The Morgan fingerprint density at radius 2 is 2.29 bits per heavy atom. The number of likely N-dealkylation sites (tertiary alicyclic amines) is 1. The van der Waals surface area contributed by atoms with Gasteiger partial charge in [0.25, 0.3) is 11.9 Å². The van der Waals surface area contributed by atoms with Gasteiger partial charge in [-0.05, 0) is 29.9 Å². The maximum Gasteiger partial charge on any atom is 0.257 e. The second-order valence-corrected chi connectivity index (χ2v) is 7.92. The normalized spacial score (nSPS) is 20.2. The smallest absolute Gasteiger partial charge is 0.257 e. The molecule has 2 bridgehead atoms. The quantitative estimate of drug-likeness (QED) is 0.623. The lowest BCUT2D eigenvalue weighted by Gasteiger charge is -2.24. The van der Waals surface area contributed by atoms with Crippen LogP contribution in [0.2, 0.25) is 0 Å². The number of amides is 1. The van der Waals surface area contributed by atoms with Crippen molar-refractivity contribution in [3.63, 3.8) is 0 Å². The van der Waals surface area contributed by atoms with Crippen molar-refractivity contribution in [2.45, 2.75) is 19.1 Å². The van der Waals surface area contributed by atoms with Crippen LogP contribution in [0, 0.1) is 5.92 Å². The fraction of sp³-hybridized carbons (Fsp3) is 0.300. The molecule has 8 heteroatoms. The number of nitrogens with zero attached hydrogens (tertiary/aromatic N) is 5. The Balaban J connectivity index is 1.52. The Morgan fingerprint density at radius 3 is 3.00 bits per heavy atom. The van der Waals surface area contributed by atoms with Crippen molar-refractivity contribution >= 4 is 17.2 Å². The van der Waals surface area contributed by atoms with Gasteiger partial charge >= 0.3 is 0 Å². The second-order valence-electron chi connectivity index (χ2n) is 6.97. The van der Waals surface area contributed by atoms with Crippen molar-refractivity contribution < 1.29 is 9.53 Å². The average Bonchev–Trinajstić information content (AvgIpc) is 3.52. The van der Waals surface area contributed by atoms with Gasteiger partial charge < -0.3 is 9.64 Å². The minimum absolute atomic E-state index is 0.00967. The van der Waals surface area contributed by atoms with Gasteiger partial charge in [0.2, 0.25) is 0 Å².